The van der Waals surface area contributed by atoms with Crippen LogP contribution in [-0.2, 0) is 16.3 Å². The Bertz CT molecular complexity index is 808. The van der Waals surface area contributed by atoms with Gasteiger partial charge in [-0.15, -0.1) is 0 Å². The van der Waals surface area contributed by atoms with Gasteiger partial charge in [-0.3, -0.25) is 9.59 Å². The van der Waals surface area contributed by atoms with Crippen LogP contribution in [0.15, 0.2) is 34.2 Å². The Balaban J connectivity index is 1.72. The zero-order valence-corrected chi connectivity index (χ0v) is 14.6. The number of H-pyrrole nitrogens is 1. The van der Waals surface area contributed by atoms with Crippen molar-refractivity contribution in [3.8, 4) is 0 Å². The van der Waals surface area contributed by atoms with E-state index in [1.807, 2.05) is 6.92 Å². The maximum Gasteiger partial charge on any atom is 0.255 e. The molecule has 1 unspecified atom stereocenters. The molecule has 8 heteroatoms. The SMILES string of the molecule is CCC(Sc1nc2c(c(=O)[nH]1)CSC2)C(=O)Nc1ccc(F)cc1. The second kappa shape index (κ2) is 7.40. The van der Waals surface area contributed by atoms with Gasteiger partial charge in [0.15, 0.2) is 5.16 Å². The Morgan fingerprint density at radius 2 is 2.17 bits per heavy atom. The summed E-state index contributed by atoms with van der Waals surface area (Å²) in [7, 11) is 0. The molecule has 3 rings (SSSR count). The molecule has 0 saturated heterocycles. The first kappa shape index (κ1) is 17.0. The quantitative estimate of drug-likeness (QED) is 0.629. The minimum Gasteiger partial charge on any atom is -0.325 e. The number of anilines is 1. The number of hydrogen-bond donors (Lipinski definition) is 2. The maximum absolute atomic E-state index is 12.9. The predicted molar refractivity (Wildman–Crippen MR) is 94.8 cm³/mol. The van der Waals surface area contributed by atoms with E-state index in [-0.39, 0.29) is 17.3 Å². The zero-order chi connectivity index (χ0) is 17.1. The van der Waals surface area contributed by atoms with E-state index in [0.717, 1.165) is 17.0 Å². The van der Waals surface area contributed by atoms with Gasteiger partial charge in [-0.2, -0.15) is 11.8 Å². The molecule has 1 atom stereocenters. The lowest BCUT2D eigenvalue weighted by atomic mass is 10.2. The number of fused-ring (bicyclic) bond motifs is 1. The number of aromatic amines is 1. The second-order valence-corrected chi connectivity index (χ2v) is 7.48. The molecule has 0 saturated carbocycles. The van der Waals surface area contributed by atoms with Crippen LogP contribution in [0.4, 0.5) is 10.1 Å². The van der Waals surface area contributed by atoms with Gasteiger partial charge in [0.25, 0.3) is 5.56 Å². The summed E-state index contributed by atoms with van der Waals surface area (Å²) in [6, 6.07) is 5.61. The number of halogens is 1. The van der Waals surface area contributed by atoms with E-state index in [0.29, 0.717) is 23.0 Å². The fraction of sp³-hybridized carbons (Fsp3) is 0.312. The van der Waals surface area contributed by atoms with Crippen molar-refractivity contribution in [3.63, 3.8) is 0 Å². The van der Waals surface area contributed by atoms with Gasteiger partial charge in [0.05, 0.1) is 10.9 Å². The summed E-state index contributed by atoms with van der Waals surface area (Å²) < 4.78 is 12.9. The van der Waals surface area contributed by atoms with Crippen LogP contribution >= 0.6 is 23.5 Å². The molecule has 5 nitrogen and oxygen atoms in total. The Morgan fingerprint density at radius 1 is 1.42 bits per heavy atom. The van der Waals surface area contributed by atoms with Crippen molar-refractivity contribution in [3.05, 3.63) is 51.7 Å². The molecule has 1 aliphatic heterocycles. The average molecular weight is 365 g/mol. The highest BCUT2D eigenvalue weighted by Gasteiger charge is 2.22. The van der Waals surface area contributed by atoms with E-state index >= 15 is 0 Å². The number of nitrogens with one attached hydrogen (secondary N) is 2. The topological polar surface area (TPSA) is 74.8 Å². The fourth-order valence-corrected chi connectivity index (χ4v) is 4.26. The molecule has 1 aromatic heterocycles. The smallest absolute Gasteiger partial charge is 0.255 e. The molecule has 0 radical (unpaired) electrons. The van der Waals surface area contributed by atoms with Crippen molar-refractivity contribution in [2.45, 2.75) is 35.3 Å². The first-order valence-corrected chi connectivity index (χ1v) is 9.53. The van der Waals surface area contributed by atoms with E-state index in [4.69, 9.17) is 0 Å². The Labute approximate surface area is 146 Å². The number of carbonyl (C=O) groups excluding carboxylic acids is 1. The minimum absolute atomic E-state index is 0.124. The monoisotopic (exact) mass is 365 g/mol. The number of benzene rings is 1. The molecule has 2 N–H and O–H groups in total. The molecule has 2 heterocycles. The van der Waals surface area contributed by atoms with Gasteiger partial charge >= 0.3 is 0 Å². The van der Waals surface area contributed by atoms with E-state index in [1.165, 1.54) is 36.0 Å². The third-order valence-corrected chi connectivity index (χ3v) is 5.81. The molecule has 2 aromatic rings. The van der Waals surface area contributed by atoms with Crippen molar-refractivity contribution in [2.24, 2.45) is 0 Å². The zero-order valence-electron chi connectivity index (χ0n) is 13.0. The predicted octanol–water partition coefficient (Wildman–Crippen LogP) is 3.17. The third kappa shape index (κ3) is 3.81. The number of aromatic nitrogens is 2. The number of amides is 1. The standard InChI is InChI=1S/C16H16FN3O2S2/c1-2-13(15(22)18-10-5-3-9(17)4-6-10)24-16-19-12-8-23-7-11(12)14(21)20-16/h3-6,13H,2,7-8H2,1H3,(H,18,22)(H,19,20,21). The third-order valence-electron chi connectivity index (χ3n) is 3.59. The van der Waals surface area contributed by atoms with Gasteiger partial charge in [0.1, 0.15) is 5.82 Å². The number of hydrogen-bond acceptors (Lipinski definition) is 5. The molecule has 1 amide bonds. The molecule has 0 bridgehead atoms. The summed E-state index contributed by atoms with van der Waals surface area (Å²) in [5.41, 5.74) is 1.95. The van der Waals surface area contributed by atoms with Crippen LogP contribution in [0.25, 0.3) is 0 Å². The number of thioether (sulfide) groups is 2. The maximum atomic E-state index is 12.9. The fourth-order valence-electron chi connectivity index (χ4n) is 2.31. The van der Waals surface area contributed by atoms with Gasteiger partial charge < -0.3 is 10.3 Å². The lowest BCUT2D eigenvalue weighted by molar-refractivity contribution is -0.115. The lowest BCUT2D eigenvalue weighted by Crippen LogP contribution is -2.25. The average Bonchev–Trinajstić information content (AvgIpc) is 3.03. The Hall–Kier alpha value is -1.80. The van der Waals surface area contributed by atoms with E-state index in [9.17, 15) is 14.0 Å². The molecular weight excluding hydrogens is 349 g/mol. The highest BCUT2D eigenvalue weighted by Crippen LogP contribution is 2.29. The van der Waals surface area contributed by atoms with Crippen LogP contribution in [0.2, 0.25) is 0 Å². The molecule has 0 fully saturated rings. The summed E-state index contributed by atoms with van der Waals surface area (Å²) >= 11 is 2.90. The molecular formula is C16H16FN3O2S2. The van der Waals surface area contributed by atoms with E-state index in [1.54, 1.807) is 11.8 Å². The minimum atomic E-state index is -0.398. The highest BCUT2D eigenvalue weighted by atomic mass is 32.2. The molecule has 1 aliphatic rings. The van der Waals surface area contributed by atoms with Crippen LogP contribution in [0.5, 0.6) is 0 Å². The summed E-state index contributed by atoms with van der Waals surface area (Å²) in [4.78, 5) is 31.7. The lowest BCUT2D eigenvalue weighted by Gasteiger charge is -2.14. The van der Waals surface area contributed by atoms with E-state index < -0.39 is 5.25 Å². The summed E-state index contributed by atoms with van der Waals surface area (Å²) in [5.74, 6) is 0.856. The van der Waals surface area contributed by atoms with Crippen LogP contribution in [0.3, 0.4) is 0 Å². The van der Waals surface area contributed by atoms with Gasteiger partial charge in [0.2, 0.25) is 5.91 Å². The summed E-state index contributed by atoms with van der Waals surface area (Å²) in [5, 5.41) is 2.82. The van der Waals surface area contributed by atoms with Gasteiger partial charge in [-0.25, -0.2) is 9.37 Å². The van der Waals surface area contributed by atoms with Crippen molar-refractivity contribution in [2.75, 3.05) is 5.32 Å². The number of rotatable bonds is 5. The summed E-state index contributed by atoms with van der Waals surface area (Å²) in [6.07, 6.45) is 0.577. The van der Waals surface area contributed by atoms with Crippen molar-refractivity contribution >= 4 is 35.1 Å². The van der Waals surface area contributed by atoms with Crippen LogP contribution in [-0.4, -0.2) is 21.1 Å². The largest absolute Gasteiger partial charge is 0.325 e. The van der Waals surface area contributed by atoms with Gasteiger partial charge in [-0.05, 0) is 30.7 Å². The second-order valence-electron chi connectivity index (χ2n) is 5.30. The van der Waals surface area contributed by atoms with Crippen molar-refractivity contribution in [1.82, 2.24) is 9.97 Å². The normalized spacial score (nSPS) is 14.2. The van der Waals surface area contributed by atoms with Gasteiger partial charge in [0, 0.05) is 22.8 Å². The first-order valence-electron chi connectivity index (χ1n) is 7.49. The summed E-state index contributed by atoms with van der Waals surface area (Å²) in [6.45, 7) is 1.89. The number of nitrogens with zero attached hydrogens (tertiary/aromatic N) is 1. The molecule has 126 valence electrons. The van der Waals surface area contributed by atoms with Gasteiger partial charge in [-0.1, -0.05) is 18.7 Å². The molecule has 0 aliphatic carbocycles. The Morgan fingerprint density at radius 3 is 2.88 bits per heavy atom. The van der Waals surface area contributed by atoms with Crippen LogP contribution in [0.1, 0.15) is 24.6 Å². The van der Waals surface area contributed by atoms with Crippen molar-refractivity contribution in [1.29, 1.82) is 0 Å². The van der Waals surface area contributed by atoms with Crippen LogP contribution in [0, 0.1) is 5.82 Å². The first-order chi connectivity index (χ1) is 11.6. The highest BCUT2D eigenvalue weighted by molar-refractivity contribution is 8.00. The molecule has 1 aromatic carbocycles. The number of carbonyl (C=O) groups is 1. The molecule has 0 spiro atoms. The van der Waals surface area contributed by atoms with Crippen molar-refractivity contribution < 1.29 is 9.18 Å². The Kier molecular flexibility index (Phi) is 5.25. The van der Waals surface area contributed by atoms with E-state index in [2.05, 4.69) is 15.3 Å². The van der Waals surface area contributed by atoms with Crippen LogP contribution < -0.4 is 10.9 Å². The molecule has 24 heavy (non-hydrogen) atoms.